The molecule has 0 saturated heterocycles. The standard InChI is InChI=1S/C18H19NO2/c20-15-10-8-13(9-11-15)12-18(21)19-17-7-3-5-14-4-1-2-6-16(14)17/h1-2,4,6,8-11,17,20H,3,5,7,12H2,(H,19,21)/t17-/m1/s1. The van der Waals surface area contributed by atoms with Crippen molar-refractivity contribution < 1.29 is 9.90 Å². The van der Waals surface area contributed by atoms with Crippen LogP contribution in [-0.4, -0.2) is 11.0 Å². The van der Waals surface area contributed by atoms with Crippen LogP contribution in [0.25, 0.3) is 0 Å². The summed E-state index contributed by atoms with van der Waals surface area (Å²) in [5.74, 6) is 0.253. The van der Waals surface area contributed by atoms with Crippen molar-refractivity contribution in [2.45, 2.75) is 31.7 Å². The van der Waals surface area contributed by atoms with Crippen molar-refractivity contribution in [3.05, 3.63) is 65.2 Å². The highest BCUT2D eigenvalue weighted by Crippen LogP contribution is 2.29. The summed E-state index contributed by atoms with van der Waals surface area (Å²) >= 11 is 0. The number of amides is 1. The van der Waals surface area contributed by atoms with Gasteiger partial charge < -0.3 is 10.4 Å². The lowest BCUT2D eigenvalue weighted by atomic mass is 9.87. The van der Waals surface area contributed by atoms with Gasteiger partial charge in [-0.25, -0.2) is 0 Å². The van der Waals surface area contributed by atoms with E-state index in [1.54, 1.807) is 24.3 Å². The summed E-state index contributed by atoms with van der Waals surface area (Å²) in [4.78, 5) is 12.2. The third-order valence-electron chi connectivity index (χ3n) is 4.01. The molecule has 1 amide bonds. The van der Waals surface area contributed by atoms with Crippen LogP contribution in [-0.2, 0) is 17.6 Å². The fourth-order valence-corrected chi connectivity index (χ4v) is 2.95. The highest BCUT2D eigenvalue weighted by molar-refractivity contribution is 5.79. The van der Waals surface area contributed by atoms with Gasteiger partial charge in [0.15, 0.2) is 0 Å². The van der Waals surface area contributed by atoms with E-state index in [1.165, 1.54) is 11.1 Å². The van der Waals surface area contributed by atoms with E-state index in [1.807, 2.05) is 6.07 Å². The SMILES string of the molecule is O=C(Cc1ccc(O)cc1)N[C@@H]1CCCc2ccccc21. The molecule has 0 aromatic heterocycles. The molecule has 0 radical (unpaired) electrons. The number of aryl methyl sites for hydroxylation is 1. The molecule has 3 nitrogen and oxygen atoms in total. The van der Waals surface area contributed by atoms with E-state index < -0.39 is 0 Å². The molecule has 0 spiro atoms. The fourth-order valence-electron chi connectivity index (χ4n) is 2.95. The Kier molecular flexibility index (Phi) is 3.91. The Morgan fingerprint density at radius 1 is 1.14 bits per heavy atom. The molecule has 0 heterocycles. The van der Waals surface area contributed by atoms with Gasteiger partial charge in [0, 0.05) is 0 Å². The molecule has 0 unspecified atom stereocenters. The maximum atomic E-state index is 12.2. The second-order valence-electron chi connectivity index (χ2n) is 5.55. The van der Waals surface area contributed by atoms with Crippen LogP contribution < -0.4 is 5.32 Å². The molecule has 2 aromatic rings. The van der Waals surface area contributed by atoms with Crippen molar-refractivity contribution in [1.29, 1.82) is 0 Å². The number of nitrogens with one attached hydrogen (secondary N) is 1. The summed E-state index contributed by atoms with van der Waals surface area (Å²) in [7, 11) is 0. The van der Waals surface area contributed by atoms with E-state index in [2.05, 4.69) is 23.5 Å². The predicted octanol–water partition coefficient (Wildman–Crippen LogP) is 3.13. The minimum atomic E-state index is 0.0300. The Morgan fingerprint density at radius 2 is 1.90 bits per heavy atom. The van der Waals surface area contributed by atoms with Crippen LogP contribution >= 0.6 is 0 Å². The number of hydrogen-bond acceptors (Lipinski definition) is 2. The molecular formula is C18H19NO2. The smallest absolute Gasteiger partial charge is 0.224 e. The van der Waals surface area contributed by atoms with Gasteiger partial charge in [0.25, 0.3) is 0 Å². The average molecular weight is 281 g/mol. The Labute approximate surface area is 124 Å². The van der Waals surface area contributed by atoms with E-state index >= 15 is 0 Å². The zero-order valence-corrected chi connectivity index (χ0v) is 11.9. The molecule has 0 bridgehead atoms. The van der Waals surface area contributed by atoms with Crippen LogP contribution in [0.5, 0.6) is 5.75 Å². The lowest BCUT2D eigenvalue weighted by Crippen LogP contribution is -2.32. The second-order valence-corrected chi connectivity index (χ2v) is 5.55. The van der Waals surface area contributed by atoms with Crippen LogP contribution in [0.1, 0.15) is 35.6 Å². The summed E-state index contributed by atoms with van der Waals surface area (Å²) in [5.41, 5.74) is 3.51. The van der Waals surface area contributed by atoms with Crippen LogP contribution in [0.3, 0.4) is 0 Å². The van der Waals surface area contributed by atoms with Gasteiger partial charge in [-0.15, -0.1) is 0 Å². The molecule has 1 aliphatic carbocycles. The van der Waals surface area contributed by atoms with Gasteiger partial charge in [-0.3, -0.25) is 4.79 Å². The molecule has 21 heavy (non-hydrogen) atoms. The largest absolute Gasteiger partial charge is 0.508 e. The first-order chi connectivity index (χ1) is 10.2. The minimum Gasteiger partial charge on any atom is -0.508 e. The second kappa shape index (κ2) is 6.00. The normalized spacial score (nSPS) is 17.0. The van der Waals surface area contributed by atoms with Gasteiger partial charge in [0.2, 0.25) is 5.91 Å². The average Bonchev–Trinajstić information content (AvgIpc) is 2.50. The molecule has 0 saturated carbocycles. The first-order valence-electron chi connectivity index (χ1n) is 7.37. The molecule has 1 atom stereocenters. The molecule has 1 aliphatic rings. The van der Waals surface area contributed by atoms with Crippen molar-refractivity contribution in [3.63, 3.8) is 0 Å². The Bertz CT molecular complexity index is 634. The lowest BCUT2D eigenvalue weighted by molar-refractivity contribution is -0.121. The first-order valence-corrected chi connectivity index (χ1v) is 7.37. The van der Waals surface area contributed by atoms with E-state index in [4.69, 9.17) is 0 Å². The van der Waals surface area contributed by atoms with Crippen molar-refractivity contribution in [2.75, 3.05) is 0 Å². The Balaban J connectivity index is 1.67. The quantitative estimate of drug-likeness (QED) is 0.908. The van der Waals surface area contributed by atoms with Crippen LogP contribution in [0.2, 0.25) is 0 Å². The number of aromatic hydroxyl groups is 1. The number of rotatable bonds is 3. The highest BCUT2D eigenvalue weighted by atomic mass is 16.3. The zero-order chi connectivity index (χ0) is 14.7. The maximum absolute atomic E-state index is 12.2. The van der Waals surface area contributed by atoms with E-state index in [-0.39, 0.29) is 17.7 Å². The Morgan fingerprint density at radius 3 is 2.71 bits per heavy atom. The summed E-state index contributed by atoms with van der Waals surface area (Å²) in [6, 6.07) is 15.3. The summed E-state index contributed by atoms with van der Waals surface area (Å²) in [5, 5.41) is 12.4. The zero-order valence-electron chi connectivity index (χ0n) is 11.9. The summed E-state index contributed by atoms with van der Waals surface area (Å²) < 4.78 is 0. The third kappa shape index (κ3) is 3.24. The molecular weight excluding hydrogens is 262 g/mol. The maximum Gasteiger partial charge on any atom is 0.224 e. The molecule has 2 aromatic carbocycles. The molecule has 0 fully saturated rings. The van der Waals surface area contributed by atoms with Crippen LogP contribution in [0.15, 0.2) is 48.5 Å². The van der Waals surface area contributed by atoms with Gasteiger partial charge in [-0.1, -0.05) is 36.4 Å². The monoisotopic (exact) mass is 281 g/mol. The first kappa shape index (κ1) is 13.7. The number of benzene rings is 2. The van der Waals surface area contributed by atoms with E-state index in [0.717, 1.165) is 24.8 Å². The van der Waals surface area contributed by atoms with Crippen molar-refractivity contribution in [1.82, 2.24) is 5.32 Å². The molecule has 108 valence electrons. The lowest BCUT2D eigenvalue weighted by Gasteiger charge is -2.26. The molecule has 3 heteroatoms. The topological polar surface area (TPSA) is 49.3 Å². The number of carbonyl (C=O) groups excluding carboxylic acids is 1. The van der Waals surface area contributed by atoms with Gasteiger partial charge in [-0.05, 0) is 48.1 Å². The number of fused-ring (bicyclic) bond motifs is 1. The van der Waals surface area contributed by atoms with Gasteiger partial charge in [0.1, 0.15) is 5.75 Å². The summed E-state index contributed by atoms with van der Waals surface area (Å²) in [6.45, 7) is 0. The van der Waals surface area contributed by atoms with E-state index in [0.29, 0.717) is 6.42 Å². The van der Waals surface area contributed by atoms with Gasteiger partial charge >= 0.3 is 0 Å². The van der Waals surface area contributed by atoms with Crippen LogP contribution in [0.4, 0.5) is 0 Å². The third-order valence-corrected chi connectivity index (χ3v) is 4.01. The molecule has 2 N–H and O–H groups in total. The fraction of sp³-hybridized carbons (Fsp3) is 0.278. The van der Waals surface area contributed by atoms with Crippen molar-refractivity contribution >= 4 is 5.91 Å². The van der Waals surface area contributed by atoms with Gasteiger partial charge in [-0.2, -0.15) is 0 Å². The minimum absolute atomic E-state index is 0.0300. The Hall–Kier alpha value is -2.29. The number of phenols is 1. The summed E-state index contributed by atoms with van der Waals surface area (Å²) in [6.07, 6.45) is 3.55. The van der Waals surface area contributed by atoms with E-state index in [9.17, 15) is 9.90 Å². The number of hydrogen-bond donors (Lipinski definition) is 2. The van der Waals surface area contributed by atoms with Crippen molar-refractivity contribution in [2.24, 2.45) is 0 Å². The number of carbonyl (C=O) groups is 1. The highest BCUT2D eigenvalue weighted by Gasteiger charge is 2.21. The number of phenolic OH excluding ortho intramolecular Hbond substituents is 1. The van der Waals surface area contributed by atoms with Gasteiger partial charge in [0.05, 0.1) is 12.5 Å². The molecule has 0 aliphatic heterocycles. The predicted molar refractivity (Wildman–Crippen MR) is 82.1 cm³/mol. The van der Waals surface area contributed by atoms with Crippen LogP contribution in [0, 0.1) is 0 Å². The molecule has 3 rings (SSSR count). The van der Waals surface area contributed by atoms with Crippen molar-refractivity contribution in [3.8, 4) is 5.75 Å².